The number of alkyl halides is 3. The van der Waals surface area contributed by atoms with Crippen LogP contribution in [0.5, 0.6) is 0 Å². The normalized spacial score (nSPS) is 12.1. The molecule has 0 aliphatic carbocycles. The van der Waals surface area contributed by atoms with Gasteiger partial charge in [0, 0.05) is 18.5 Å². The number of carbonyl (C=O) groups is 1. The van der Waals surface area contributed by atoms with Crippen LogP contribution >= 0.6 is 0 Å². The molecule has 1 aromatic carbocycles. The van der Waals surface area contributed by atoms with Crippen molar-refractivity contribution in [2.75, 3.05) is 11.9 Å². The largest absolute Gasteiger partial charge is 0.469 e. The highest BCUT2D eigenvalue weighted by Crippen LogP contribution is 2.17. The third-order valence-electron chi connectivity index (χ3n) is 3.09. The van der Waals surface area contributed by atoms with E-state index in [-0.39, 0.29) is 17.2 Å². The summed E-state index contributed by atoms with van der Waals surface area (Å²) < 4.78 is 66.3. The highest BCUT2D eigenvalue weighted by Gasteiger charge is 2.30. The standard InChI is InChI=1S/C15H15F3N2O4S/c16-15(17,18)10-19-25(22,23)13-6-3-11(4-7-13)20-14(21)8-5-12-2-1-9-24-12/h1-4,6-7,9,19H,5,8,10H2,(H,20,21). The SMILES string of the molecule is O=C(CCc1ccco1)Nc1ccc(S(=O)(=O)NCC(F)(F)F)cc1. The number of nitrogens with one attached hydrogen (secondary N) is 2. The summed E-state index contributed by atoms with van der Waals surface area (Å²) in [7, 11) is -4.27. The number of furan rings is 1. The van der Waals surface area contributed by atoms with Crippen LogP contribution in [-0.4, -0.2) is 27.0 Å². The third kappa shape index (κ3) is 6.24. The minimum atomic E-state index is -4.64. The number of halogens is 3. The molecular weight excluding hydrogens is 361 g/mol. The maximum Gasteiger partial charge on any atom is 0.402 e. The van der Waals surface area contributed by atoms with Gasteiger partial charge in [-0.25, -0.2) is 13.1 Å². The number of anilines is 1. The molecule has 0 spiro atoms. The minimum absolute atomic E-state index is 0.167. The van der Waals surface area contributed by atoms with Crippen LogP contribution in [0.25, 0.3) is 0 Å². The topological polar surface area (TPSA) is 88.4 Å². The molecule has 6 nitrogen and oxygen atoms in total. The smallest absolute Gasteiger partial charge is 0.402 e. The summed E-state index contributed by atoms with van der Waals surface area (Å²) in [6, 6.07) is 8.27. The van der Waals surface area contributed by atoms with E-state index in [1.807, 2.05) is 0 Å². The van der Waals surface area contributed by atoms with Crippen molar-refractivity contribution < 1.29 is 30.8 Å². The molecule has 2 N–H and O–H groups in total. The van der Waals surface area contributed by atoms with Crippen LogP contribution < -0.4 is 10.0 Å². The second-order valence-electron chi connectivity index (χ2n) is 5.09. The molecule has 136 valence electrons. The number of carbonyl (C=O) groups excluding carboxylic acids is 1. The van der Waals surface area contributed by atoms with Crippen molar-refractivity contribution in [1.82, 2.24) is 4.72 Å². The van der Waals surface area contributed by atoms with E-state index in [9.17, 15) is 26.4 Å². The summed E-state index contributed by atoms with van der Waals surface area (Å²) >= 11 is 0. The van der Waals surface area contributed by atoms with Crippen LogP contribution in [0.2, 0.25) is 0 Å². The predicted molar refractivity (Wildman–Crippen MR) is 83.3 cm³/mol. The zero-order chi connectivity index (χ0) is 18.5. The van der Waals surface area contributed by atoms with Gasteiger partial charge in [0.15, 0.2) is 0 Å². The van der Waals surface area contributed by atoms with Gasteiger partial charge in [-0.2, -0.15) is 13.2 Å². The van der Waals surface area contributed by atoms with E-state index in [1.54, 1.807) is 12.1 Å². The van der Waals surface area contributed by atoms with E-state index < -0.39 is 22.7 Å². The lowest BCUT2D eigenvalue weighted by atomic mass is 10.2. The maximum absolute atomic E-state index is 12.1. The van der Waals surface area contributed by atoms with Gasteiger partial charge in [-0.3, -0.25) is 4.79 Å². The Labute approximate surface area is 142 Å². The molecule has 0 saturated carbocycles. The molecule has 1 amide bonds. The Morgan fingerprint density at radius 2 is 1.80 bits per heavy atom. The van der Waals surface area contributed by atoms with Crippen molar-refractivity contribution >= 4 is 21.6 Å². The number of hydrogen-bond acceptors (Lipinski definition) is 4. The van der Waals surface area contributed by atoms with Crippen LogP contribution in [-0.2, 0) is 21.2 Å². The first kappa shape index (κ1) is 19.0. The van der Waals surface area contributed by atoms with Crippen molar-refractivity contribution in [1.29, 1.82) is 0 Å². The molecule has 1 heterocycles. The van der Waals surface area contributed by atoms with Crippen LogP contribution in [0.15, 0.2) is 52.0 Å². The van der Waals surface area contributed by atoms with E-state index in [0.29, 0.717) is 17.9 Å². The van der Waals surface area contributed by atoms with Gasteiger partial charge in [-0.05, 0) is 36.4 Å². The van der Waals surface area contributed by atoms with Crippen molar-refractivity contribution in [3.63, 3.8) is 0 Å². The molecule has 0 atom stereocenters. The fourth-order valence-corrected chi connectivity index (χ4v) is 2.91. The second kappa shape index (κ2) is 7.70. The Kier molecular flexibility index (Phi) is 5.85. The highest BCUT2D eigenvalue weighted by molar-refractivity contribution is 7.89. The third-order valence-corrected chi connectivity index (χ3v) is 4.51. The summed E-state index contributed by atoms with van der Waals surface area (Å²) in [5, 5.41) is 2.56. The Bertz CT molecular complexity index is 800. The molecule has 25 heavy (non-hydrogen) atoms. The minimum Gasteiger partial charge on any atom is -0.469 e. The molecular formula is C15H15F3N2O4S. The second-order valence-corrected chi connectivity index (χ2v) is 6.86. The van der Waals surface area contributed by atoms with Gasteiger partial charge in [0.05, 0.1) is 11.2 Å². The van der Waals surface area contributed by atoms with Gasteiger partial charge in [-0.1, -0.05) is 0 Å². The predicted octanol–water partition coefficient (Wildman–Crippen LogP) is 2.69. The number of benzene rings is 1. The number of rotatable bonds is 7. The molecule has 0 aliphatic heterocycles. The molecule has 10 heteroatoms. The van der Waals surface area contributed by atoms with E-state index in [4.69, 9.17) is 4.42 Å². The first-order chi connectivity index (χ1) is 11.7. The van der Waals surface area contributed by atoms with Crippen molar-refractivity contribution in [2.24, 2.45) is 0 Å². The van der Waals surface area contributed by atoms with Gasteiger partial charge in [0.2, 0.25) is 15.9 Å². The van der Waals surface area contributed by atoms with Crippen molar-refractivity contribution in [3.8, 4) is 0 Å². The number of aryl methyl sites for hydroxylation is 1. The Morgan fingerprint density at radius 1 is 1.12 bits per heavy atom. The van der Waals surface area contributed by atoms with Crippen molar-refractivity contribution in [2.45, 2.75) is 23.9 Å². The number of sulfonamides is 1. The summed E-state index contributed by atoms with van der Waals surface area (Å²) in [6.07, 6.45) is -2.57. The molecule has 2 aromatic rings. The lowest BCUT2D eigenvalue weighted by Crippen LogP contribution is -2.33. The van der Waals surface area contributed by atoms with Gasteiger partial charge >= 0.3 is 6.18 Å². The Hall–Kier alpha value is -2.33. The van der Waals surface area contributed by atoms with E-state index in [2.05, 4.69) is 5.32 Å². The number of hydrogen-bond donors (Lipinski definition) is 2. The lowest BCUT2D eigenvalue weighted by Gasteiger charge is -2.10. The zero-order valence-electron chi connectivity index (χ0n) is 12.8. The van der Waals surface area contributed by atoms with E-state index in [0.717, 1.165) is 12.1 Å². The monoisotopic (exact) mass is 376 g/mol. The van der Waals surface area contributed by atoms with Gasteiger partial charge in [0.1, 0.15) is 12.3 Å². The molecule has 2 rings (SSSR count). The average Bonchev–Trinajstić information content (AvgIpc) is 3.05. The van der Waals surface area contributed by atoms with Crippen LogP contribution in [0.1, 0.15) is 12.2 Å². The fourth-order valence-electron chi connectivity index (χ4n) is 1.89. The first-order valence-corrected chi connectivity index (χ1v) is 8.63. The highest BCUT2D eigenvalue weighted by atomic mass is 32.2. The number of amides is 1. The quantitative estimate of drug-likeness (QED) is 0.778. The van der Waals surface area contributed by atoms with Gasteiger partial charge < -0.3 is 9.73 Å². The van der Waals surface area contributed by atoms with Crippen LogP contribution in [0, 0.1) is 0 Å². The molecule has 0 radical (unpaired) electrons. The zero-order valence-corrected chi connectivity index (χ0v) is 13.7. The molecule has 0 bridgehead atoms. The molecule has 0 saturated heterocycles. The van der Waals surface area contributed by atoms with Gasteiger partial charge in [0.25, 0.3) is 0 Å². The maximum atomic E-state index is 12.1. The summed E-state index contributed by atoms with van der Waals surface area (Å²) in [6.45, 7) is -1.65. The molecule has 1 aromatic heterocycles. The van der Waals surface area contributed by atoms with Crippen molar-refractivity contribution in [3.05, 3.63) is 48.4 Å². The lowest BCUT2D eigenvalue weighted by molar-refractivity contribution is -0.121. The molecule has 0 unspecified atom stereocenters. The van der Waals surface area contributed by atoms with Crippen LogP contribution in [0.4, 0.5) is 18.9 Å². The van der Waals surface area contributed by atoms with Crippen LogP contribution in [0.3, 0.4) is 0 Å². The molecule has 0 fully saturated rings. The first-order valence-electron chi connectivity index (χ1n) is 7.14. The van der Waals surface area contributed by atoms with E-state index >= 15 is 0 Å². The average molecular weight is 376 g/mol. The Morgan fingerprint density at radius 3 is 2.36 bits per heavy atom. The van der Waals surface area contributed by atoms with E-state index in [1.165, 1.54) is 23.1 Å². The van der Waals surface area contributed by atoms with Gasteiger partial charge in [-0.15, -0.1) is 0 Å². The summed E-state index contributed by atoms with van der Waals surface area (Å²) in [5.74, 6) is 0.356. The summed E-state index contributed by atoms with van der Waals surface area (Å²) in [5.41, 5.74) is 0.333. The Balaban J connectivity index is 1.91. The fraction of sp³-hybridized carbons (Fsp3) is 0.267. The summed E-state index contributed by atoms with van der Waals surface area (Å²) in [4.78, 5) is 11.5. The molecule has 0 aliphatic rings.